The second-order valence-electron chi connectivity index (χ2n) is 6.49. The number of nitrogens with zero attached hydrogens (tertiary/aromatic N) is 2. The van der Waals surface area contributed by atoms with E-state index in [-0.39, 0.29) is 28.6 Å². The van der Waals surface area contributed by atoms with Crippen molar-refractivity contribution in [3.63, 3.8) is 0 Å². The molecule has 1 saturated heterocycles. The van der Waals surface area contributed by atoms with Crippen molar-refractivity contribution in [1.82, 2.24) is 9.03 Å². The molecule has 13 heteroatoms. The summed E-state index contributed by atoms with van der Waals surface area (Å²) in [6.07, 6.45) is 0. The van der Waals surface area contributed by atoms with Crippen molar-refractivity contribution >= 4 is 25.7 Å². The lowest BCUT2D eigenvalue weighted by Gasteiger charge is -2.26. The molecule has 0 bridgehead atoms. The van der Waals surface area contributed by atoms with Crippen LogP contribution >= 0.6 is 0 Å². The van der Waals surface area contributed by atoms with Gasteiger partial charge < -0.3 is 9.47 Å². The zero-order chi connectivity index (χ0) is 22.5. The van der Waals surface area contributed by atoms with Gasteiger partial charge in [-0.15, -0.1) is 0 Å². The van der Waals surface area contributed by atoms with E-state index < -0.39 is 25.0 Å². The Morgan fingerprint density at radius 2 is 1.55 bits per heavy atom. The predicted octanol–water partition coefficient (Wildman–Crippen LogP) is 0.973. The van der Waals surface area contributed by atoms with Gasteiger partial charge in [-0.1, -0.05) is 0 Å². The first-order valence-corrected chi connectivity index (χ1v) is 12.2. The number of rotatable bonds is 9. The van der Waals surface area contributed by atoms with E-state index in [9.17, 15) is 26.9 Å². The molecule has 2 aromatic carbocycles. The molecular weight excluding hydrogens is 450 g/mol. The van der Waals surface area contributed by atoms with Gasteiger partial charge in [0, 0.05) is 31.8 Å². The monoisotopic (exact) mass is 471 g/mol. The Bertz CT molecular complexity index is 1110. The summed E-state index contributed by atoms with van der Waals surface area (Å²) in [5, 5.41) is 10.6. The van der Waals surface area contributed by atoms with E-state index in [4.69, 9.17) is 9.47 Å². The van der Waals surface area contributed by atoms with Gasteiger partial charge in [-0.2, -0.15) is 4.31 Å². The molecule has 0 spiro atoms. The van der Waals surface area contributed by atoms with Gasteiger partial charge in [0.1, 0.15) is 12.4 Å². The summed E-state index contributed by atoms with van der Waals surface area (Å²) in [5.41, 5.74) is -0.207. The molecule has 0 amide bonds. The summed E-state index contributed by atoms with van der Waals surface area (Å²) in [5.74, 6) is 0.385. The molecule has 0 atom stereocenters. The second kappa shape index (κ2) is 9.70. The van der Waals surface area contributed by atoms with Gasteiger partial charge in [-0.25, -0.2) is 21.6 Å². The zero-order valence-electron chi connectivity index (χ0n) is 16.3. The number of nitro groups is 1. The first kappa shape index (κ1) is 23.1. The van der Waals surface area contributed by atoms with Crippen LogP contribution in [0.1, 0.15) is 0 Å². The first-order valence-electron chi connectivity index (χ1n) is 9.25. The van der Waals surface area contributed by atoms with E-state index >= 15 is 0 Å². The minimum atomic E-state index is -3.84. The van der Waals surface area contributed by atoms with Crippen LogP contribution in [0, 0.1) is 10.1 Å². The van der Waals surface area contributed by atoms with Crippen LogP contribution in [-0.4, -0.2) is 65.5 Å². The van der Waals surface area contributed by atoms with Crippen molar-refractivity contribution in [1.29, 1.82) is 0 Å². The van der Waals surface area contributed by atoms with Crippen molar-refractivity contribution in [2.45, 2.75) is 9.79 Å². The summed E-state index contributed by atoms with van der Waals surface area (Å²) in [6, 6.07) is 10.4. The topological polar surface area (TPSA) is 145 Å². The van der Waals surface area contributed by atoms with Crippen LogP contribution in [-0.2, 0) is 24.8 Å². The van der Waals surface area contributed by atoms with E-state index in [0.717, 1.165) is 24.3 Å². The van der Waals surface area contributed by atoms with Crippen LogP contribution in [0.15, 0.2) is 58.3 Å². The van der Waals surface area contributed by atoms with Crippen molar-refractivity contribution < 1.29 is 31.2 Å². The van der Waals surface area contributed by atoms with Gasteiger partial charge in [0.25, 0.3) is 5.69 Å². The number of nitrogens with one attached hydrogen (secondary N) is 1. The number of hydrogen-bond acceptors (Lipinski definition) is 8. The maximum atomic E-state index is 12.6. The summed E-state index contributed by atoms with van der Waals surface area (Å²) in [6.45, 7) is 1.27. The molecule has 1 aliphatic heterocycles. The van der Waals surface area contributed by atoms with E-state index in [1.165, 1.54) is 28.6 Å². The number of sulfonamides is 2. The van der Waals surface area contributed by atoms with Crippen LogP contribution in [0.2, 0.25) is 0 Å². The highest BCUT2D eigenvalue weighted by atomic mass is 32.2. The molecule has 0 saturated carbocycles. The lowest BCUT2D eigenvalue weighted by atomic mass is 10.3. The van der Waals surface area contributed by atoms with Crippen LogP contribution in [0.4, 0.5) is 5.69 Å². The molecule has 1 heterocycles. The molecule has 11 nitrogen and oxygen atoms in total. The Hall–Kier alpha value is -2.58. The Balaban J connectivity index is 1.52. The van der Waals surface area contributed by atoms with Gasteiger partial charge >= 0.3 is 0 Å². The minimum absolute atomic E-state index is 0.00176. The highest BCUT2D eigenvalue weighted by Gasteiger charge is 2.26. The first-order chi connectivity index (χ1) is 14.7. The lowest BCUT2D eigenvalue weighted by Crippen LogP contribution is -2.40. The van der Waals surface area contributed by atoms with E-state index in [1.54, 1.807) is 0 Å². The van der Waals surface area contributed by atoms with Gasteiger partial charge in [0.05, 0.1) is 27.9 Å². The highest BCUT2D eigenvalue weighted by molar-refractivity contribution is 7.89. The fourth-order valence-electron chi connectivity index (χ4n) is 2.82. The summed E-state index contributed by atoms with van der Waals surface area (Å²) in [4.78, 5) is 10.1. The Morgan fingerprint density at radius 3 is 2.13 bits per heavy atom. The Labute approximate surface area is 179 Å². The summed E-state index contributed by atoms with van der Waals surface area (Å²) in [7, 11) is -7.44. The van der Waals surface area contributed by atoms with Gasteiger partial charge in [0.15, 0.2) is 0 Å². The van der Waals surface area contributed by atoms with Crippen LogP contribution in [0.3, 0.4) is 0 Å². The third-order valence-corrected chi connectivity index (χ3v) is 7.84. The highest BCUT2D eigenvalue weighted by Crippen LogP contribution is 2.20. The predicted molar refractivity (Wildman–Crippen MR) is 110 cm³/mol. The van der Waals surface area contributed by atoms with Crippen LogP contribution in [0.25, 0.3) is 0 Å². The molecule has 0 aromatic heterocycles. The quantitative estimate of drug-likeness (QED) is 0.323. The minimum Gasteiger partial charge on any atom is -0.492 e. The number of morpholine rings is 1. The number of hydrogen-bond donors (Lipinski definition) is 1. The molecule has 0 aliphatic carbocycles. The average molecular weight is 472 g/mol. The Kier molecular flexibility index (Phi) is 7.23. The third-order valence-electron chi connectivity index (χ3n) is 4.45. The number of nitro benzene ring substituents is 1. The van der Waals surface area contributed by atoms with Gasteiger partial charge in [-0.05, 0) is 36.4 Å². The van der Waals surface area contributed by atoms with Crippen LogP contribution in [0.5, 0.6) is 5.75 Å². The van der Waals surface area contributed by atoms with Crippen molar-refractivity contribution in [3.8, 4) is 5.75 Å². The number of ether oxygens (including phenoxy) is 2. The van der Waals surface area contributed by atoms with Gasteiger partial charge in [-0.3, -0.25) is 10.1 Å². The van der Waals surface area contributed by atoms with E-state index in [1.807, 2.05) is 0 Å². The third kappa shape index (κ3) is 5.77. The van der Waals surface area contributed by atoms with E-state index in [2.05, 4.69) is 4.72 Å². The number of non-ortho nitro benzene ring substituents is 1. The SMILES string of the molecule is O=[N+]([O-])c1ccc(S(=O)(=O)NCCOc2ccc(S(=O)(=O)N3CCOCC3)cc2)cc1. The van der Waals surface area contributed by atoms with Crippen molar-refractivity contribution in [2.24, 2.45) is 0 Å². The molecule has 3 rings (SSSR count). The van der Waals surface area contributed by atoms with Crippen molar-refractivity contribution in [2.75, 3.05) is 39.5 Å². The molecular formula is C18H21N3O8S2. The fraction of sp³-hybridized carbons (Fsp3) is 0.333. The molecule has 1 N–H and O–H groups in total. The molecule has 1 aliphatic rings. The molecule has 168 valence electrons. The maximum absolute atomic E-state index is 12.6. The van der Waals surface area contributed by atoms with Gasteiger partial charge in [0.2, 0.25) is 20.0 Å². The maximum Gasteiger partial charge on any atom is 0.269 e. The molecule has 2 aromatic rings. The van der Waals surface area contributed by atoms with Crippen molar-refractivity contribution in [3.05, 3.63) is 58.6 Å². The zero-order valence-corrected chi connectivity index (χ0v) is 18.0. The molecule has 0 unspecified atom stereocenters. The fourth-order valence-corrected chi connectivity index (χ4v) is 5.24. The molecule has 1 fully saturated rings. The largest absolute Gasteiger partial charge is 0.492 e. The normalized spacial score (nSPS) is 15.5. The smallest absolute Gasteiger partial charge is 0.269 e. The molecule has 0 radical (unpaired) electrons. The lowest BCUT2D eigenvalue weighted by molar-refractivity contribution is -0.384. The Morgan fingerprint density at radius 1 is 0.968 bits per heavy atom. The molecule has 31 heavy (non-hydrogen) atoms. The van der Waals surface area contributed by atoms with Crippen LogP contribution < -0.4 is 9.46 Å². The standard InChI is InChI=1S/C18H21N3O8S2/c22-21(23)15-1-5-17(6-2-15)30(24,25)19-9-12-29-16-3-7-18(8-4-16)31(26,27)20-10-13-28-14-11-20/h1-8,19H,9-14H2. The second-order valence-corrected chi connectivity index (χ2v) is 10.2. The summed E-state index contributed by atoms with van der Waals surface area (Å²) < 4.78 is 63.9. The van der Waals surface area contributed by atoms with E-state index in [0.29, 0.717) is 32.1 Å². The summed E-state index contributed by atoms with van der Waals surface area (Å²) >= 11 is 0. The average Bonchev–Trinajstić information content (AvgIpc) is 2.78. The number of benzene rings is 2.